The topological polar surface area (TPSA) is 61.9 Å². The molecule has 29 heavy (non-hydrogen) atoms. The molecule has 0 N–H and O–H groups in total. The zero-order valence-corrected chi connectivity index (χ0v) is 16.9. The Morgan fingerprint density at radius 3 is 2.72 bits per heavy atom. The van der Waals surface area contributed by atoms with Crippen LogP contribution in [0.1, 0.15) is 29.9 Å². The summed E-state index contributed by atoms with van der Waals surface area (Å²) in [5, 5.41) is 10.7. The summed E-state index contributed by atoms with van der Waals surface area (Å²) in [5.74, 6) is 0.471. The minimum atomic E-state index is -0.224. The highest BCUT2D eigenvalue weighted by atomic mass is 32.1. The lowest BCUT2D eigenvalue weighted by Gasteiger charge is -2.35. The van der Waals surface area contributed by atoms with Crippen molar-refractivity contribution in [3.63, 3.8) is 0 Å². The largest absolute Gasteiger partial charge is 0.370 e. The van der Waals surface area contributed by atoms with Gasteiger partial charge in [0.1, 0.15) is 11.6 Å². The Labute approximate surface area is 172 Å². The van der Waals surface area contributed by atoms with E-state index in [1.165, 1.54) is 10.3 Å². The van der Waals surface area contributed by atoms with Crippen LogP contribution < -0.4 is 10.5 Å². The van der Waals surface area contributed by atoms with E-state index in [1.807, 2.05) is 29.8 Å². The number of pyridine rings is 1. The van der Waals surface area contributed by atoms with Crippen molar-refractivity contribution in [1.29, 1.82) is 5.26 Å². The van der Waals surface area contributed by atoms with Crippen LogP contribution in [0.4, 0.5) is 5.69 Å². The molecule has 0 amide bonds. The lowest BCUT2D eigenvalue weighted by Crippen LogP contribution is -2.35. The number of thiazole rings is 1. The number of fused-ring (bicyclic) bond motifs is 2. The summed E-state index contributed by atoms with van der Waals surface area (Å²) in [4.78, 5) is 19.5. The van der Waals surface area contributed by atoms with Crippen LogP contribution in [-0.2, 0) is 7.05 Å². The summed E-state index contributed by atoms with van der Waals surface area (Å²) in [6, 6.07) is 16.4. The van der Waals surface area contributed by atoms with Crippen molar-refractivity contribution in [3.8, 4) is 6.07 Å². The molecule has 0 atom stereocenters. The molecule has 0 radical (unpaired) electrons. The van der Waals surface area contributed by atoms with Gasteiger partial charge in [-0.05, 0) is 36.5 Å². The van der Waals surface area contributed by atoms with Crippen molar-refractivity contribution < 1.29 is 0 Å². The number of aromatic nitrogens is 2. The number of anilines is 1. The third-order valence-corrected chi connectivity index (χ3v) is 6.92. The van der Waals surface area contributed by atoms with Gasteiger partial charge in [0.25, 0.3) is 5.56 Å². The molecular weight excluding hydrogens is 380 g/mol. The fourth-order valence-electron chi connectivity index (χ4n) is 4.55. The van der Waals surface area contributed by atoms with Gasteiger partial charge in [0.05, 0.1) is 26.9 Å². The fourth-order valence-corrected chi connectivity index (χ4v) is 5.44. The minimum absolute atomic E-state index is 0.224. The van der Waals surface area contributed by atoms with E-state index in [2.05, 4.69) is 34.2 Å². The molecular formula is C23H20N4OS. The molecule has 0 unspecified atom stereocenters. The molecule has 4 aromatic rings. The SMILES string of the molecule is Cn1c(=O)c(C#N)c(N2CCC(c3cccc4ncsc34)CC2)c2ccccc21. The molecule has 1 fully saturated rings. The van der Waals surface area contributed by atoms with Gasteiger partial charge in [0, 0.05) is 25.5 Å². The molecule has 144 valence electrons. The first-order chi connectivity index (χ1) is 14.2. The van der Waals surface area contributed by atoms with Crippen LogP contribution in [0.15, 0.2) is 52.8 Å². The van der Waals surface area contributed by atoms with Crippen LogP contribution in [0.3, 0.4) is 0 Å². The zero-order chi connectivity index (χ0) is 20.0. The predicted molar refractivity (Wildman–Crippen MR) is 118 cm³/mol. The highest BCUT2D eigenvalue weighted by molar-refractivity contribution is 7.17. The molecule has 1 saturated heterocycles. The summed E-state index contributed by atoms with van der Waals surface area (Å²) < 4.78 is 2.86. The monoisotopic (exact) mass is 400 g/mol. The van der Waals surface area contributed by atoms with E-state index in [9.17, 15) is 10.1 Å². The number of nitrogens with zero attached hydrogens (tertiary/aromatic N) is 4. The van der Waals surface area contributed by atoms with Crippen LogP contribution in [0.2, 0.25) is 0 Å². The average Bonchev–Trinajstić information content (AvgIpc) is 3.25. The summed E-state index contributed by atoms with van der Waals surface area (Å²) in [6.07, 6.45) is 1.98. The molecule has 0 saturated carbocycles. The van der Waals surface area contributed by atoms with E-state index in [1.54, 1.807) is 23.0 Å². The van der Waals surface area contributed by atoms with E-state index in [-0.39, 0.29) is 11.1 Å². The Kier molecular flexibility index (Phi) is 4.33. The standard InChI is InChI=1S/C23H20N4OS/c1-26-20-8-3-2-5-17(20)21(18(13-24)23(26)28)27-11-9-15(10-12-27)16-6-4-7-19-22(16)29-14-25-19/h2-8,14-15H,9-12H2,1H3. The second-order valence-electron chi connectivity index (χ2n) is 7.53. The van der Waals surface area contributed by atoms with Gasteiger partial charge in [-0.25, -0.2) is 4.98 Å². The molecule has 2 aromatic heterocycles. The maximum Gasteiger partial charge on any atom is 0.270 e. The van der Waals surface area contributed by atoms with Gasteiger partial charge in [0.2, 0.25) is 0 Å². The van der Waals surface area contributed by atoms with Crippen LogP contribution in [-0.4, -0.2) is 22.6 Å². The van der Waals surface area contributed by atoms with Gasteiger partial charge in [-0.2, -0.15) is 5.26 Å². The number of aryl methyl sites for hydroxylation is 1. The average molecular weight is 401 g/mol. The summed E-state index contributed by atoms with van der Waals surface area (Å²) >= 11 is 1.70. The molecule has 0 spiro atoms. The molecule has 1 aliphatic rings. The quantitative estimate of drug-likeness (QED) is 0.500. The third-order valence-electron chi connectivity index (χ3n) is 6.03. The Balaban J connectivity index is 1.53. The smallest absolute Gasteiger partial charge is 0.270 e. The number of piperidine rings is 1. The molecule has 5 rings (SSSR count). The number of benzene rings is 2. The lowest BCUT2D eigenvalue weighted by molar-refractivity contribution is 0.508. The Hall–Kier alpha value is -3.17. The maximum atomic E-state index is 12.8. The van der Waals surface area contributed by atoms with Crippen LogP contribution in [0.5, 0.6) is 0 Å². The van der Waals surface area contributed by atoms with E-state index in [4.69, 9.17) is 0 Å². The van der Waals surface area contributed by atoms with Crippen molar-refractivity contribution in [2.75, 3.05) is 18.0 Å². The Bertz CT molecular complexity index is 1320. The number of hydrogen-bond donors (Lipinski definition) is 0. The summed E-state index contributed by atoms with van der Waals surface area (Å²) in [7, 11) is 1.73. The number of rotatable bonds is 2. The summed E-state index contributed by atoms with van der Waals surface area (Å²) in [6.45, 7) is 1.65. The molecule has 1 aliphatic heterocycles. The highest BCUT2D eigenvalue weighted by Crippen LogP contribution is 2.37. The maximum absolute atomic E-state index is 12.8. The molecule has 0 aliphatic carbocycles. The van der Waals surface area contributed by atoms with Crippen molar-refractivity contribution >= 4 is 38.1 Å². The van der Waals surface area contributed by atoms with Crippen molar-refractivity contribution in [2.45, 2.75) is 18.8 Å². The van der Waals surface area contributed by atoms with Gasteiger partial charge < -0.3 is 9.47 Å². The molecule has 3 heterocycles. The highest BCUT2D eigenvalue weighted by Gasteiger charge is 2.26. The van der Waals surface area contributed by atoms with Crippen molar-refractivity contribution in [2.24, 2.45) is 7.05 Å². The van der Waals surface area contributed by atoms with E-state index in [0.717, 1.165) is 48.0 Å². The van der Waals surface area contributed by atoms with Gasteiger partial charge in [-0.3, -0.25) is 4.79 Å². The van der Waals surface area contributed by atoms with E-state index in [0.29, 0.717) is 5.92 Å². The van der Waals surface area contributed by atoms with E-state index >= 15 is 0 Å². The lowest BCUT2D eigenvalue weighted by atomic mass is 9.88. The molecule has 5 nitrogen and oxygen atoms in total. The fraction of sp³-hybridized carbons (Fsp3) is 0.261. The first-order valence-electron chi connectivity index (χ1n) is 9.78. The summed E-state index contributed by atoms with van der Waals surface area (Å²) in [5.41, 5.74) is 6.03. The number of hydrogen-bond acceptors (Lipinski definition) is 5. The Morgan fingerprint density at radius 2 is 1.93 bits per heavy atom. The van der Waals surface area contributed by atoms with Gasteiger partial charge >= 0.3 is 0 Å². The normalized spacial score (nSPS) is 15.1. The second-order valence-corrected chi connectivity index (χ2v) is 8.38. The molecule has 2 aromatic carbocycles. The van der Waals surface area contributed by atoms with Crippen molar-refractivity contribution in [1.82, 2.24) is 9.55 Å². The number of nitriles is 1. The zero-order valence-electron chi connectivity index (χ0n) is 16.1. The first kappa shape index (κ1) is 17.9. The van der Waals surface area contributed by atoms with Crippen molar-refractivity contribution in [3.05, 3.63) is 69.5 Å². The van der Waals surface area contributed by atoms with Gasteiger partial charge in [-0.1, -0.05) is 30.3 Å². The van der Waals surface area contributed by atoms with Crippen LogP contribution in [0, 0.1) is 11.3 Å². The number of para-hydroxylation sites is 1. The van der Waals surface area contributed by atoms with Crippen LogP contribution >= 0.6 is 11.3 Å². The third kappa shape index (κ3) is 2.81. The predicted octanol–water partition coefficient (Wildman–Crippen LogP) is 4.40. The van der Waals surface area contributed by atoms with E-state index < -0.39 is 0 Å². The second kappa shape index (κ2) is 7.02. The minimum Gasteiger partial charge on any atom is -0.370 e. The van der Waals surface area contributed by atoms with Gasteiger partial charge in [-0.15, -0.1) is 11.3 Å². The van der Waals surface area contributed by atoms with Gasteiger partial charge in [0.15, 0.2) is 0 Å². The molecule has 0 bridgehead atoms. The first-order valence-corrected chi connectivity index (χ1v) is 10.7. The molecule has 6 heteroatoms. The van der Waals surface area contributed by atoms with Crippen LogP contribution in [0.25, 0.3) is 21.1 Å². The Morgan fingerprint density at radius 1 is 1.14 bits per heavy atom.